The molecule has 2 fully saturated rings. The van der Waals surface area contributed by atoms with E-state index in [1.807, 2.05) is 19.4 Å². The Kier molecular flexibility index (Phi) is 3.48. The molecule has 1 aliphatic carbocycles. The standard InChI is InChI=1S/C16H22N4O2/c1-20-11-12(10-17-20)8-14-18-15(19-22-14)13-4-7-21-16(9-13)5-2-3-6-16/h10-11,13H,2-9H2,1H3. The number of ether oxygens (including phenoxy) is 1. The van der Waals surface area contributed by atoms with Crippen LogP contribution in [0.25, 0.3) is 0 Å². The van der Waals surface area contributed by atoms with Crippen LogP contribution in [0.1, 0.15) is 61.7 Å². The molecule has 4 rings (SSSR count). The molecule has 118 valence electrons. The highest BCUT2D eigenvalue weighted by Gasteiger charge is 2.41. The number of hydrogen-bond donors (Lipinski definition) is 0. The van der Waals surface area contributed by atoms with Crippen LogP contribution >= 0.6 is 0 Å². The first-order valence-electron chi connectivity index (χ1n) is 8.16. The first kappa shape index (κ1) is 13.9. The average Bonchev–Trinajstić information content (AvgIpc) is 3.23. The Morgan fingerprint density at radius 3 is 3.00 bits per heavy atom. The van der Waals surface area contributed by atoms with Crippen LogP contribution in [0.2, 0.25) is 0 Å². The maximum Gasteiger partial charge on any atom is 0.231 e. The first-order chi connectivity index (χ1) is 10.7. The van der Waals surface area contributed by atoms with Crippen LogP contribution in [0.5, 0.6) is 0 Å². The molecule has 6 nitrogen and oxygen atoms in total. The van der Waals surface area contributed by atoms with Gasteiger partial charge in [-0.2, -0.15) is 10.1 Å². The second kappa shape index (κ2) is 5.50. The zero-order valence-electron chi connectivity index (χ0n) is 13.0. The average molecular weight is 302 g/mol. The minimum Gasteiger partial charge on any atom is -0.375 e. The van der Waals surface area contributed by atoms with E-state index in [0.29, 0.717) is 18.2 Å². The van der Waals surface area contributed by atoms with Gasteiger partial charge in [-0.1, -0.05) is 18.0 Å². The minimum atomic E-state index is 0.0903. The van der Waals surface area contributed by atoms with Crippen molar-refractivity contribution in [1.29, 1.82) is 0 Å². The van der Waals surface area contributed by atoms with Crippen LogP contribution < -0.4 is 0 Å². The van der Waals surface area contributed by atoms with Crippen LogP contribution in [0, 0.1) is 0 Å². The van der Waals surface area contributed by atoms with Gasteiger partial charge in [0, 0.05) is 25.8 Å². The van der Waals surface area contributed by atoms with Gasteiger partial charge in [-0.15, -0.1) is 0 Å². The summed E-state index contributed by atoms with van der Waals surface area (Å²) in [5.41, 5.74) is 1.18. The Hall–Kier alpha value is -1.69. The lowest BCUT2D eigenvalue weighted by Gasteiger charge is -2.37. The lowest BCUT2D eigenvalue weighted by Crippen LogP contribution is -2.36. The van der Waals surface area contributed by atoms with Gasteiger partial charge in [0.05, 0.1) is 18.2 Å². The van der Waals surface area contributed by atoms with Crippen molar-refractivity contribution in [2.24, 2.45) is 7.05 Å². The molecule has 6 heteroatoms. The zero-order chi connectivity index (χ0) is 15.0. The van der Waals surface area contributed by atoms with Crippen molar-refractivity contribution in [3.05, 3.63) is 29.7 Å². The van der Waals surface area contributed by atoms with Gasteiger partial charge in [0.2, 0.25) is 5.89 Å². The van der Waals surface area contributed by atoms with Crippen molar-refractivity contribution in [2.45, 2.75) is 56.5 Å². The highest BCUT2D eigenvalue weighted by molar-refractivity contribution is 5.11. The zero-order valence-corrected chi connectivity index (χ0v) is 13.0. The molecule has 1 spiro atoms. The molecule has 2 aromatic rings. The van der Waals surface area contributed by atoms with E-state index in [-0.39, 0.29) is 5.60 Å². The number of aromatic nitrogens is 4. The molecule has 1 unspecified atom stereocenters. The quantitative estimate of drug-likeness (QED) is 0.872. The van der Waals surface area contributed by atoms with Gasteiger partial charge in [-0.05, 0) is 31.2 Å². The van der Waals surface area contributed by atoms with Crippen molar-refractivity contribution < 1.29 is 9.26 Å². The molecule has 1 aliphatic heterocycles. The van der Waals surface area contributed by atoms with Gasteiger partial charge < -0.3 is 9.26 Å². The molecule has 1 saturated carbocycles. The summed E-state index contributed by atoms with van der Waals surface area (Å²) in [5.74, 6) is 1.90. The van der Waals surface area contributed by atoms with Gasteiger partial charge in [0.1, 0.15) is 0 Å². The monoisotopic (exact) mass is 302 g/mol. The molecule has 1 atom stereocenters. The van der Waals surface area contributed by atoms with E-state index in [4.69, 9.17) is 9.26 Å². The van der Waals surface area contributed by atoms with E-state index >= 15 is 0 Å². The van der Waals surface area contributed by atoms with Crippen LogP contribution in [0.15, 0.2) is 16.9 Å². The van der Waals surface area contributed by atoms with Crippen LogP contribution in [-0.2, 0) is 18.2 Å². The Labute approximate surface area is 129 Å². The van der Waals surface area contributed by atoms with E-state index in [1.165, 1.54) is 25.7 Å². The third kappa shape index (κ3) is 2.67. The van der Waals surface area contributed by atoms with E-state index in [0.717, 1.165) is 30.8 Å². The molecule has 2 aliphatic rings. The van der Waals surface area contributed by atoms with Gasteiger partial charge >= 0.3 is 0 Å². The molecular weight excluding hydrogens is 280 g/mol. The molecule has 1 saturated heterocycles. The molecule has 0 aromatic carbocycles. The number of rotatable bonds is 3. The number of aryl methyl sites for hydroxylation is 1. The lowest BCUT2D eigenvalue weighted by atomic mass is 9.84. The van der Waals surface area contributed by atoms with E-state index < -0.39 is 0 Å². The second-order valence-electron chi connectivity index (χ2n) is 6.67. The van der Waals surface area contributed by atoms with Crippen molar-refractivity contribution in [3.8, 4) is 0 Å². The first-order valence-corrected chi connectivity index (χ1v) is 8.16. The molecular formula is C16H22N4O2. The molecule has 0 radical (unpaired) electrons. The predicted octanol–water partition coefficient (Wildman–Crippen LogP) is 2.60. The van der Waals surface area contributed by atoms with E-state index in [2.05, 4.69) is 15.2 Å². The third-order valence-electron chi connectivity index (χ3n) is 4.97. The molecule has 0 amide bonds. The third-order valence-corrected chi connectivity index (χ3v) is 4.97. The fraction of sp³-hybridized carbons (Fsp3) is 0.688. The highest BCUT2D eigenvalue weighted by Crippen LogP contribution is 2.44. The minimum absolute atomic E-state index is 0.0903. The summed E-state index contributed by atoms with van der Waals surface area (Å²) in [6.07, 6.45) is 11.4. The van der Waals surface area contributed by atoms with Crippen molar-refractivity contribution in [1.82, 2.24) is 19.9 Å². The van der Waals surface area contributed by atoms with Crippen LogP contribution in [0.4, 0.5) is 0 Å². The molecule has 0 bridgehead atoms. The summed E-state index contributed by atoms with van der Waals surface area (Å²) in [6.45, 7) is 0.817. The Morgan fingerprint density at radius 1 is 1.36 bits per heavy atom. The van der Waals surface area contributed by atoms with Gasteiger partial charge in [0.15, 0.2) is 5.82 Å². The highest BCUT2D eigenvalue weighted by atomic mass is 16.5. The maximum atomic E-state index is 6.09. The Balaban J connectivity index is 1.46. The van der Waals surface area contributed by atoms with E-state index in [1.54, 1.807) is 4.68 Å². The van der Waals surface area contributed by atoms with Gasteiger partial charge in [-0.25, -0.2) is 0 Å². The summed E-state index contributed by atoms with van der Waals surface area (Å²) in [7, 11) is 1.91. The Bertz CT molecular complexity index is 642. The normalized spacial score (nSPS) is 24.1. The smallest absolute Gasteiger partial charge is 0.231 e. The fourth-order valence-electron chi connectivity index (χ4n) is 3.86. The van der Waals surface area contributed by atoms with Crippen molar-refractivity contribution in [2.75, 3.05) is 6.61 Å². The Morgan fingerprint density at radius 2 is 2.23 bits per heavy atom. The molecule has 0 N–H and O–H groups in total. The van der Waals surface area contributed by atoms with Crippen LogP contribution in [0.3, 0.4) is 0 Å². The summed E-state index contributed by atoms with van der Waals surface area (Å²) < 4.78 is 13.3. The molecule has 3 heterocycles. The number of nitrogens with zero attached hydrogens (tertiary/aromatic N) is 4. The van der Waals surface area contributed by atoms with Crippen molar-refractivity contribution >= 4 is 0 Å². The van der Waals surface area contributed by atoms with Gasteiger partial charge in [0.25, 0.3) is 0 Å². The van der Waals surface area contributed by atoms with Gasteiger partial charge in [-0.3, -0.25) is 4.68 Å². The lowest BCUT2D eigenvalue weighted by molar-refractivity contribution is -0.0815. The molecule has 2 aromatic heterocycles. The van der Waals surface area contributed by atoms with E-state index in [9.17, 15) is 0 Å². The largest absolute Gasteiger partial charge is 0.375 e. The summed E-state index contributed by atoms with van der Waals surface area (Å²) in [6, 6.07) is 0. The summed E-state index contributed by atoms with van der Waals surface area (Å²) in [4.78, 5) is 4.62. The van der Waals surface area contributed by atoms with Crippen LogP contribution in [-0.4, -0.2) is 32.1 Å². The maximum absolute atomic E-state index is 6.09. The SMILES string of the molecule is Cn1cc(Cc2nc(C3CCOC4(CCCC4)C3)no2)cn1. The summed E-state index contributed by atoms with van der Waals surface area (Å²) >= 11 is 0. The topological polar surface area (TPSA) is 66.0 Å². The fourth-order valence-corrected chi connectivity index (χ4v) is 3.86. The second-order valence-corrected chi connectivity index (χ2v) is 6.67. The summed E-state index contributed by atoms with van der Waals surface area (Å²) in [5, 5.41) is 8.40. The molecule has 22 heavy (non-hydrogen) atoms. The van der Waals surface area contributed by atoms with Crippen molar-refractivity contribution in [3.63, 3.8) is 0 Å². The number of hydrogen-bond acceptors (Lipinski definition) is 5. The predicted molar refractivity (Wildman–Crippen MR) is 79.4 cm³/mol.